The molecule has 2 fully saturated rings. The molecule has 3 aromatic rings. The van der Waals surface area contributed by atoms with Crippen molar-refractivity contribution in [1.29, 1.82) is 0 Å². The number of aromatic amines is 1. The van der Waals surface area contributed by atoms with Crippen LogP contribution in [0.25, 0.3) is 11.0 Å². The molecule has 8 nitrogen and oxygen atoms in total. The van der Waals surface area contributed by atoms with Gasteiger partial charge in [-0.25, -0.2) is 4.98 Å². The topological polar surface area (TPSA) is 86.4 Å². The fourth-order valence-electron chi connectivity index (χ4n) is 4.79. The van der Waals surface area contributed by atoms with Gasteiger partial charge in [0.2, 0.25) is 11.5 Å². The Morgan fingerprint density at radius 3 is 2.61 bits per heavy atom. The van der Waals surface area contributed by atoms with Crippen LogP contribution in [-0.4, -0.2) is 65.8 Å². The van der Waals surface area contributed by atoms with Crippen molar-refractivity contribution in [2.45, 2.75) is 25.7 Å². The molecular weight excluding hydrogens is 416 g/mol. The van der Waals surface area contributed by atoms with Crippen LogP contribution in [0.1, 0.15) is 25.7 Å². The summed E-state index contributed by atoms with van der Waals surface area (Å²) in [6.07, 6.45) is 6.89. The Morgan fingerprint density at radius 2 is 1.82 bits per heavy atom. The highest BCUT2D eigenvalue weighted by molar-refractivity contribution is 5.74. The first-order chi connectivity index (χ1) is 16.2. The van der Waals surface area contributed by atoms with Crippen LogP contribution in [0.3, 0.4) is 0 Å². The van der Waals surface area contributed by atoms with Gasteiger partial charge in [0, 0.05) is 55.2 Å². The zero-order valence-electron chi connectivity index (χ0n) is 19.0. The van der Waals surface area contributed by atoms with Gasteiger partial charge in [-0.15, -0.1) is 0 Å². The summed E-state index contributed by atoms with van der Waals surface area (Å²) < 4.78 is 5.44. The van der Waals surface area contributed by atoms with Crippen LogP contribution in [0.15, 0.2) is 47.4 Å². The fraction of sp³-hybridized carbons (Fsp3) is 0.480. The molecule has 0 aliphatic carbocycles. The molecule has 0 unspecified atom stereocenters. The summed E-state index contributed by atoms with van der Waals surface area (Å²) in [6, 6.07) is 11.6. The molecular formula is C25H32N6O2. The average molecular weight is 449 g/mol. The van der Waals surface area contributed by atoms with Gasteiger partial charge in [0.1, 0.15) is 5.65 Å². The van der Waals surface area contributed by atoms with E-state index in [4.69, 9.17) is 4.74 Å². The highest BCUT2D eigenvalue weighted by Gasteiger charge is 2.20. The Hall–Kier alpha value is -2.97. The van der Waals surface area contributed by atoms with E-state index in [1.807, 2.05) is 0 Å². The Kier molecular flexibility index (Phi) is 6.83. The number of aromatic nitrogens is 3. The lowest BCUT2D eigenvalue weighted by Gasteiger charge is -2.34. The van der Waals surface area contributed by atoms with Crippen LogP contribution in [0.4, 0.5) is 17.3 Å². The first-order valence-corrected chi connectivity index (χ1v) is 12.0. The lowest BCUT2D eigenvalue weighted by molar-refractivity contribution is 0.0365. The molecule has 0 saturated carbocycles. The zero-order valence-corrected chi connectivity index (χ0v) is 19.0. The van der Waals surface area contributed by atoms with Crippen LogP contribution in [-0.2, 0) is 4.74 Å². The van der Waals surface area contributed by atoms with Gasteiger partial charge >= 0.3 is 0 Å². The van der Waals surface area contributed by atoms with E-state index >= 15 is 0 Å². The standard InChI is InChI=1S/C25H32N6O2/c32-23-8-3-20-18-26-25(29-24(20)28-23)27-21-4-6-22(7-5-21)31-12-9-19(10-13-31)2-1-11-30-14-16-33-17-15-30/h3-8,18-19H,1-2,9-17H2,(H2,26,27,28,29,32). The molecule has 2 aromatic heterocycles. The van der Waals surface area contributed by atoms with Crippen LogP contribution in [0, 0.1) is 5.92 Å². The lowest BCUT2D eigenvalue weighted by atomic mass is 9.92. The van der Waals surface area contributed by atoms with Crippen molar-refractivity contribution < 1.29 is 4.74 Å². The molecule has 2 aliphatic heterocycles. The monoisotopic (exact) mass is 448 g/mol. The normalized spacial score (nSPS) is 18.0. The summed E-state index contributed by atoms with van der Waals surface area (Å²) in [7, 11) is 0. The predicted octanol–water partition coefficient (Wildman–Crippen LogP) is 3.39. The Balaban J connectivity index is 1.10. The van der Waals surface area contributed by atoms with E-state index in [-0.39, 0.29) is 5.56 Å². The average Bonchev–Trinajstić information content (AvgIpc) is 2.85. The van der Waals surface area contributed by atoms with E-state index in [9.17, 15) is 4.79 Å². The molecule has 5 rings (SSSR count). The Morgan fingerprint density at radius 1 is 1.03 bits per heavy atom. The highest BCUT2D eigenvalue weighted by atomic mass is 16.5. The van der Waals surface area contributed by atoms with Gasteiger partial charge in [-0.2, -0.15) is 4.98 Å². The third-order valence-electron chi connectivity index (χ3n) is 6.77. The number of benzene rings is 1. The number of rotatable bonds is 7. The van der Waals surface area contributed by atoms with Crippen LogP contribution in [0.2, 0.25) is 0 Å². The molecule has 2 saturated heterocycles. The minimum atomic E-state index is -0.169. The van der Waals surface area contributed by atoms with Gasteiger partial charge in [-0.05, 0) is 68.5 Å². The van der Waals surface area contributed by atoms with Gasteiger partial charge in [-0.1, -0.05) is 0 Å². The first kappa shape index (κ1) is 21.9. The summed E-state index contributed by atoms with van der Waals surface area (Å²) in [5.74, 6) is 1.31. The first-order valence-electron chi connectivity index (χ1n) is 12.0. The Labute approximate surface area is 194 Å². The maximum atomic E-state index is 11.5. The van der Waals surface area contributed by atoms with Gasteiger partial charge in [-0.3, -0.25) is 9.69 Å². The third-order valence-corrected chi connectivity index (χ3v) is 6.77. The van der Waals surface area contributed by atoms with Crippen molar-refractivity contribution in [1.82, 2.24) is 19.9 Å². The summed E-state index contributed by atoms with van der Waals surface area (Å²) >= 11 is 0. The maximum Gasteiger partial charge on any atom is 0.249 e. The summed E-state index contributed by atoms with van der Waals surface area (Å²) in [4.78, 5) is 28.0. The van der Waals surface area contributed by atoms with E-state index < -0.39 is 0 Å². The summed E-state index contributed by atoms with van der Waals surface area (Å²) in [5.41, 5.74) is 2.55. The molecule has 174 valence electrons. The molecule has 1 aromatic carbocycles. The minimum Gasteiger partial charge on any atom is -0.379 e. The largest absolute Gasteiger partial charge is 0.379 e. The van der Waals surface area contributed by atoms with Crippen molar-refractivity contribution in [2.75, 3.05) is 56.2 Å². The van der Waals surface area contributed by atoms with E-state index in [1.54, 1.807) is 12.3 Å². The van der Waals surface area contributed by atoms with Crippen LogP contribution < -0.4 is 15.8 Å². The number of ether oxygens (including phenoxy) is 1. The number of piperidine rings is 1. The molecule has 33 heavy (non-hydrogen) atoms. The van der Waals surface area contributed by atoms with E-state index in [2.05, 4.69) is 54.3 Å². The zero-order chi connectivity index (χ0) is 22.5. The number of pyridine rings is 1. The minimum absolute atomic E-state index is 0.169. The molecule has 0 atom stereocenters. The van der Waals surface area contributed by atoms with Gasteiger partial charge in [0.25, 0.3) is 0 Å². The molecule has 0 radical (unpaired) electrons. The summed E-state index contributed by atoms with van der Waals surface area (Å²) in [6.45, 7) is 7.43. The van der Waals surface area contributed by atoms with Crippen molar-refractivity contribution in [3.8, 4) is 0 Å². The second-order valence-corrected chi connectivity index (χ2v) is 9.02. The van der Waals surface area contributed by atoms with Gasteiger partial charge < -0.3 is 19.9 Å². The molecule has 2 N–H and O–H groups in total. The predicted molar refractivity (Wildman–Crippen MR) is 131 cm³/mol. The highest BCUT2D eigenvalue weighted by Crippen LogP contribution is 2.27. The number of nitrogens with zero attached hydrogens (tertiary/aromatic N) is 4. The summed E-state index contributed by atoms with van der Waals surface area (Å²) in [5, 5.41) is 4.03. The Bertz CT molecular complexity index is 1100. The molecule has 4 heterocycles. The second kappa shape index (κ2) is 10.3. The molecule has 8 heteroatoms. The lowest BCUT2D eigenvalue weighted by Crippen LogP contribution is -2.37. The number of H-pyrrole nitrogens is 1. The maximum absolute atomic E-state index is 11.5. The van der Waals surface area contributed by atoms with Crippen LogP contribution in [0.5, 0.6) is 0 Å². The van der Waals surface area contributed by atoms with Crippen LogP contribution >= 0.6 is 0 Å². The van der Waals surface area contributed by atoms with E-state index in [1.165, 1.54) is 44.0 Å². The van der Waals surface area contributed by atoms with E-state index in [0.29, 0.717) is 11.6 Å². The molecule has 0 bridgehead atoms. The van der Waals surface area contributed by atoms with Gasteiger partial charge in [0.15, 0.2) is 0 Å². The number of nitrogens with one attached hydrogen (secondary N) is 2. The van der Waals surface area contributed by atoms with Gasteiger partial charge in [0.05, 0.1) is 13.2 Å². The number of morpholine rings is 1. The molecule has 0 amide bonds. The van der Waals surface area contributed by atoms with Crippen molar-refractivity contribution >= 4 is 28.4 Å². The quantitative estimate of drug-likeness (QED) is 0.573. The van der Waals surface area contributed by atoms with Crippen molar-refractivity contribution in [3.05, 3.63) is 52.9 Å². The number of anilines is 3. The molecule has 2 aliphatic rings. The third kappa shape index (κ3) is 5.69. The number of hydrogen-bond acceptors (Lipinski definition) is 7. The SMILES string of the molecule is O=c1ccc2cnc(Nc3ccc(N4CCC(CCCN5CCOCC5)CC4)cc3)nc2[nH]1. The molecule has 0 spiro atoms. The number of fused-ring (bicyclic) bond motifs is 1. The smallest absolute Gasteiger partial charge is 0.249 e. The van der Waals surface area contributed by atoms with Crippen molar-refractivity contribution in [2.24, 2.45) is 5.92 Å². The van der Waals surface area contributed by atoms with E-state index in [0.717, 1.165) is 56.4 Å². The number of hydrogen-bond donors (Lipinski definition) is 2. The van der Waals surface area contributed by atoms with Crippen molar-refractivity contribution in [3.63, 3.8) is 0 Å². The fourth-order valence-corrected chi connectivity index (χ4v) is 4.79. The second-order valence-electron chi connectivity index (χ2n) is 9.02.